The highest BCUT2D eigenvalue weighted by Crippen LogP contribution is 2.27. The van der Waals surface area contributed by atoms with Crippen LogP contribution in [-0.2, 0) is 21.2 Å². The number of terminal acetylenes is 1. The van der Waals surface area contributed by atoms with E-state index in [0.29, 0.717) is 9.82 Å². The van der Waals surface area contributed by atoms with Crippen molar-refractivity contribution < 1.29 is 13.2 Å². The second-order valence-corrected chi connectivity index (χ2v) is 9.61. The van der Waals surface area contributed by atoms with E-state index < -0.39 is 15.7 Å². The molecule has 0 aliphatic rings. The Balaban J connectivity index is 1.92. The minimum Gasteiger partial charge on any atom is -0.304 e. The van der Waals surface area contributed by atoms with Crippen LogP contribution in [-0.4, -0.2) is 24.6 Å². The van der Waals surface area contributed by atoms with Gasteiger partial charge in [0.25, 0.3) is 0 Å². The van der Waals surface area contributed by atoms with Crippen molar-refractivity contribution in [2.75, 3.05) is 5.75 Å². The van der Waals surface area contributed by atoms with Gasteiger partial charge in [-0.2, -0.15) is 4.99 Å². The smallest absolute Gasteiger partial charge is 0.249 e. The summed E-state index contributed by atoms with van der Waals surface area (Å²) >= 11 is 7.52. The number of hydrogen-bond donors (Lipinski definition) is 0. The summed E-state index contributed by atoms with van der Waals surface area (Å²) in [5, 5.41) is 0.600. The number of fused-ring (bicyclic) bond motifs is 1. The molecule has 0 bridgehead atoms. The van der Waals surface area contributed by atoms with Crippen molar-refractivity contribution in [3.05, 3.63) is 57.9 Å². The van der Waals surface area contributed by atoms with Crippen molar-refractivity contribution >= 4 is 48.9 Å². The molecule has 0 atom stereocenters. The standard InChI is InChI=1S/C20H17ClN2O3S2/c1-3-12-23-19-14(2)16(21)9-10-17(19)27-20(23)22-18(24)11-13-28(25,26)15-7-5-4-6-8-15/h1,4-10H,11-13H2,2H3. The topological polar surface area (TPSA) is 68.5 Å². The van der Waals surface area contributed by atoms with Gasteiger partial charge in [0.15, 0.2) is 14.6 Å². The van der Waals surface area contributed by atoms with E-state index in [1.165, 1.54) is 23.5 Å². The van der Waals surface area contributed by atoms with Gasteiger partial charge in [0.1, 0.15) is 0 Å². The average Bonchev–Trinajstić information content (AvgIpc) is 3.02. The molecule has 28 heavy (non-hydrogen) atoms. The predicted molar refractivity (Wildman–Crippen MR) is 112 cm³/mol. The molecule has 0 aliphatic heterocycles. The summed E-state index contributed by atoms with van der Waals surface area (Å²) in [5.74, 6) is 1.74. The highest BCUT2D eigenvalue weighted by atomic mass is 35.5. The number of amides is 1. The number of aromatic nitrogens is 1. The van der Waals surface area contributed by atoms with Gasteiger partial charge in [-0.3, -0.25) is 4.79 Å². The highest BCUT2D eigenvalue weighted by Gasteiger charge is 2.17. The Kier molecular flexibility index (Phi) is 6.04. The zero-order valence-electron chi connectivity index (χ0n) is 15.1. The van der Waals surface area contributed by atoms with Crippen LogP contribution in [0, 0.1) is 19.3 Å². The van der Waals surface area contributed by atoms with Crippen LogP contribution in [0.4, 0.5) is 0 Å². The first-order chi connectivity index (χ1) is 13.3. The van der Waals surface area contributed by atoms with Gasteiger partial charge in [0.2, 0.25) is 5.91 Å². The Bertz CT molecular complexity index is 1250. The lowest BCUT2D eigenvalue weighted by atomic mass is 10.2. The molecule has 1 aromatic heterocycles. The van der Waals surface area contributed by atoms with Crippen molar-refractivity contribution in [3.63, 3.8) is 0 Å². The summed E-state index contributed by atoms with van der Waals surface area (Å²) in [4.78, 5) is 17.1. The monoisotopic (exact) mass is 432 g/mol. The van der Waals surface area contributed by atoms with E-state index in [1.54, 1.807) is 28.8 Å². The molecule has 2 aromatic carbocycles. The summed E-state index contributed by atoms with van der Waals surface area (Å²) in [7, 11) is -3.54. The number of benzene rings is 2. The summed E-state index contributed by atoms with van der Waals surface area (Å²) in [6.07, 6.45) is 5.27. The van der Waals surface area contributed by atoms with Crippen LogP contribution in [0.5, 0.6) is 0 Å². The average molecular weight is 433 g/mol. The number of thiazole rings is 1. The molecule has 1 amide bonds. The number of rotatable bonds is 5. The van der Waals surface area contributed by atoms with Crippen molar-refractivity contribution in [3.8, 4) is 12.3 Å². The molecule has 0 aliphatic carbocycles. The third-order valence-electron chi connectivity index (χ3n) is 4.19. The zero-order valence-corrected chi connectivity index (χ0v) is 17.4. The summed E-state index contributed by atoms with van der Waals surface area (Å²) in [6.45, 7) is 2.11. The van der Waals surface area contributed by atoms with Gasteiger partial charge >= 0.3 is 0 Å². The van der Waals surface area contributed by atoms with E-state index in [1.807, 2.05) is 13.0 Å². The number of hydrogen-bond acceptors (Lipinski definition) is 4. The van der Waals surface area contributed by atoms with E-state index in [4.69, 9.17) is 18.0 Å². The molecule has 8 heteroatoms. The molecule has 0 fully saturated rings. The van der Waals surface area contributed by atoms with E-state index in [-0.39, 0.29) is 23.6 Å². The fourth-order valence-electron chi connectivity index (χ4n) is 2.77. The molecular formula is C20H17ClN2O3S2. The zero-order chi connectivity index (χ0) is 20.3. The third kappa shape index (κ3) is 4.20. The van der Waals surface area contributed by atoms with Crippen molar-refractivity contribution in [1.29, 1.82) is 0 Å². The molecule has 0 saturated carbocycles. The number of nitrogens with zero attached hydrogens (tertiary/aromatic N) is 2. The molecule has 0 spiro atoms. The van der Waals surface area contributed by atoms with E-state index in [2.05, 4.69) is 10.9 Å². The quantitative estimate of drug-likeness (QED) is 0.578. The summed E-state index contributed by atoms with van der Waals surface area (Å²) < 4.78 is 27.3. The van der Waals surface area contributed by atoms with Crippen LogP contribution in [0.1, 0.15) is 12.0 Å². The molecular weight excluding hydrogens is 416 g/mol. The molecule has 0 unspecified atom stereocenters. The lowest BCUT2D eigenvalue weighted by Gasteiger charge is -2.05. The SMILES string of the molecule is C#CCn1c(=NC(=O)CCS(=O)(=O)c2ccccc2)sc2ccc(Cl)c(C)c21. The van der Waals surface area contributed by atoms with Gasteiger partial charge < -0.3 is 4.57 Å². The number of sulfone groups is 1. The molecule has 144 valence electrons. The Hall–Kier alpha value is -2.40. The molecule has 3 aromatic rings. The van der Waals surface area contributed by atoms with Crippen LogP contribution in [0.3, 0.4) is 0 Å². The van der Waals surface area contributed by atoms with Gasteiger partial charge in [-0.1, -0.05) is 47.1 Å². The molecule has 5 nitrogen and oxygen atoms in total. The minimum absolute atomic E-state index is 0.192. The van der Waals surface area contributed by atoms with Crippen LogP contribution in [0.25, 0.3) is 10.2 Å². The summed E-state index contributed by atoms with van der Waals surface area (Å²) in [6, 6.07) is 11.7. The number of carbonyl (C=O) groups excluding carboxylic acids is 1. The Morgan fingerprint density at radius 3 is 2.64 bits per heavy atom. The minimum atomic E-state index is -3.54. The van der Waals surface area contributed by atoms with Crippen LogP contribution >= 0.6 is 22.9 Å². The Labute approximate surface area is 172 Å². The maximum Gasteiger partial charge on any atom is 0.249 e. The second-order valence-electron chi connectivity index (χ2n) is 6.08. The van der Waals surface area contributed by atoms with Crippen LogP contribution in [0.15, 0.2) is 52.4 Å². The predicted octanol–water partition coefficient (Wildman–Crippen LogP) is 3.59. The first-order valence-corrected chi connectivity index (χ1v) is 11.3. The Morgan fingerprint density at radius 1 is 1.25 bits per heavy atom. The van der Waals surface area contributed by atoms with Crippen LogP contribution in [0.2, 0.25) is 5.02 Å². The number of carbonyl (C=O) groups is 1. The Morgan fingerprint density at radius 2 is 1.96 bits per heavy atom. The van der Waals surface area contributed by atoms with E-state index >= 15 is 0 Å². The van der Waals surface area contributed by atoms with Crippen molar-refractivity contribution in [1.82, 2.24) is 4.57 Å². The third-order valence-corrected chi connectivity index (χ3v) is 7.37. The maximum absolute atomic E-state index is 12.4. The summed E-state index contributed by atoms with van der Waals surface area (Å²) in [5.41, 5.74) is 1.69. The first-order valence-electron chi connectivity index (χ1n) is 8.41. The largest absolute Gasteiger partial charge is 0.304 e. The molecule has 3 rings (SSSR count). The van der Waals surface area contributed by atoms with Gasteiger partial charge in [0.05, 0.1) is 27.4 Å². The maximum atomic E-state index is 12.4. The van der Waals surface area contributed by atoms with Crippen molar-refractivity contribution in [2.45, 2.75) is 24.8 Å². The molecule has 0 radical (unpaired) electrons. The van der Waals surface area contributed by atoms with E-state index in [9.17, 15) is 13.2 Å². The lowest BCUT2D eigenvalue weighted by molar-refractivity contribution is -0.117. The van der Waals surface area contributed by atoms with Crippen molar-refractivity contribution in [2.24, 2.45) is 4.99 Å². The first kappa shape index (κ1) is 20.3. The molecule has 0 N–H and O–H groups in total. The van der Waals surface area contributed by atoms with Gasteiger partial charge in [-0.25, -0.2) is 8.42 Å². The van der Waals surface area contributed by atoms with Gasteiger partial charge in [-0.05, 0) is 36.8 Å². The van der Waals surface area contributed by atoms with Gasteiger partial charge in [-0.15, -0.1) is 6.42 Å². The normalized spacial score (nSPS) is 12.2. The van der Waals surface area contributed by atoms with E-state index in [0.717, 1.165) is 15.8 Å². The second kappa shape index (κ2) is 8.31. The lowest BCUT2D eigenvalue weighted by Crippen LogP contribution is -2.18. The number of aryl methyl sites for hydroxylation is 1. The fraction of sp³-hybridized carbons (Fsp3) is 0.200. The van der Waals surface area contributed by atoms with Crippen LogP contribution < -0.4 is 4.80 Å². The highest BCUT2D eigenvalue weighted by molar-refractivity contribution is 7.91. The molecule has 0 saturated heterocycles. The van der Waals surface area contributed by atoms with Gasteiger partial charge in [0, 0.05) is 11.4 Å². The number of halogens is 1. The fourth-order valence-corrected chi connectivity index (χ4v) is 5.28. The molecule has 1 heterocycles.